The molecule has 2 amide bonds. The standard InChI is InChI=1S/C18H20ClF3N2O5S/c19-9-15(25)23-14-6-11(5-12(7-14)18(20,21)22)16(26)24-13-1-3-29-17(8-13)2-4-30(27,28)10-17/h5-7,13H,1-4,8-10H2,(H,23,25)(H,24,26). The van der Waals surface area contributed by atoms with Crippen molar-refractivity contribution in [3.05, 3.63) is 29.3 Å². The highest BCUT2D eigenvalue weighted by molar-refractivity contribution is 7.91. The van der Waals surface area contributed by atoms with Crippen LogP contribution in [-0.2, 0) is 25.5 Å². The topological polar surface area (TPSA) is 102 Å². The predicted molar refractivity (Wildman–Crippen MR) is 103 cm³/mol. The molecular weight excluding hydrogens is 449 g/mol. The van der Waals surface area contributed by atoms with E-state index in [1.165, 1.54) is 0 Å². The molecule has 7 nitrogen and oxygen atoms in total. The van der Waals surface area contributed by atoms with E-state index in [0.717, 1.165) is 6.07 Å². The van der Waals surface area contributed by atoms with Crippen LogP contribution in [0.3, 0.4) is 0 Å². The maximum absolute atomic E-state index is 13.2. The quantitative estimate of drug-likeness (QED) is 0.660. The van der Waals surface area contributed by atoms with Gasteiger partial charge in [-0.25, -0.2) is 8.42 Å². The molecule has 2 heterocycles. The van der Waals surface area contributed by atoms with E-state index in [9.17, 15) is 31.2 Å². The Hall–Kier alpha value is -1.85. The van der Waals surface area contributed by atoms with Gasteiger partial charge < -0.3 is 15.4 Å². The number of rotatable bonds is 4. The van der Waals surface area contributed by atoms with Crippen LogP contribution in [0.1, 0.15) is 35.2 Å². The van der Waals surface area contributed by atoms with Crippen molar-refractivity contribution in [1.29, 1.82) is 0 Å². The van der Waals surface area contributed by atoms with Crippen molar-refractivity contribution in [2.24, 2.45) is 0 Å². The third-order valence-corrected chi connectivity index (χ3v) is 7.14. The molecule has 1 aromatic rings. The van der Waals surface area contributed by atoms with Crippen LogP contribution < -0.4 is 10.6 Å². The molecule has 30 heavy (non-hydrogen) atoms. The maximum Gasteiger partial charge on any atom is 0.416 e. The SMILES string of the molecule is O=C(CCl)Nc1cc(C(=O)NC2CCOC3(CCS(=O)(=O)C3)C2)cc(C(F)(F)F)c1. The van der Waals surface area contributed by atoms with Crippen LogP contribution in [0.5, 0.6) is 0 Å². The van der Waals surface area contributed by atoms with Crippen molar-refractivity contribution in [2.75, 3.05) is 29.3 Å². The molecule has 2 unspecified atom stereocenters. The fourth-order valence-corrected chi connectivity index (χ4v) is 5.81. The van der Waals surface area contributed by atoms with Crippen LogP contribution in [0.4, 0.5) is 18.9 Å². The van der Waals surface area contributed by atoms with Crippen LogP contribution in [0.15, 0.2) is 18.2 Å². The molecule has 3 rings (SSSR count). The summed E-state index contributed by atoms with van der Waals surface area (Å²) < 4.78 is 69.0. The molecule has 0 radical (unpaired) electrons. The average Bonchev–Trinajstić information content (AvgIpc) is 2.94. The van der Waals surface area contributed by atoms with E-state index in [2.05, 4.69) is 10.6 Å². The Morgan fingerprint density at radius 2 is 2.00 bits per heavy atom. The first-order chi connectivity index (χ1) is 13.9. The highest BCUT2D eigenvalue weighted by Crippen LogP contribution is 2.36. The van der Waals surface area contributed by atoms with Crippen LogP contribution in [0.25, 0.3) is 0 Å². The fourth-order valence-electron chi connectivity index (χ4n) is 3.77. The lowest BCUT2D eigenvalue weighted by Crippen LogP contribution is -2.49. The number of sulfone groups is 1. The summed E-state index contributed by atoms with van der Waals surface area (Å²) in [6.07, 6.45) is -3.74. The number of nitrogens with one attached hydrogen (secondary N) is 2. The van der Waals surface area contributed by atoms with Crippen molar-refractivity contribution in [3.8, 4) is 0 Å². The summed E-state index contributed by atoms with van der Waals surface area (Å²) in [4.78, 5) is 24.1. The Morgan fingerprint density at radius 1 is 1.27 bits per heavy atom. The number of ether oxygens (including phenoxy) is 1. The normalized spacial score (nSPS) is 25.8. The minimum Gasteiger partial charge on any atom is -0.374 e. The molecule has 2 N–H and O–H groups in total. The third kappa shape index (κ3) is 5.44. The Labute approximate surface area is 176 Å². The molecule has 2 atom stereocenters. The molecule has 2 saturated heterocycles. The third-order valence-electron chi connectivity index (χ3n) is 5.11. The number of carbonyl (C=O) groups is 2. The van der Waals surface area contributed by atoms with Gasteiger partial charge >= 0.3 is 6.18 Å². The van der Waals surface area contributed by atoms with Gasteiger partial charge in [-0.1, -0.05) is 0 Å². The first-order valence-corrected chi connectivity index (χ1v) is 11.5. The zero-order valence-corrected chi connectivity index (χ0v) is 17.3. The molecule has 2 fully saturated rings. The fraction of sp³-hybridized carbons (Fsp3) is 0.556. The molecule has 2 aliphatic rings. The average molecular weight is 469 g/mol. The van der Waals surface area contributed by atoms with Crippen LogP contribution in [-0.4, -0.2) is 55.9 Å². The number of halogens is 4. The van der Waals surface area contributed by atoms with Crippen LogP contribution in [0.2, 0.25) is 0 Å². The second-order valence-electron chi connectivity index (χ2n) is 7.52. The van der Waals surface area contributed by atoms with Crippen LogP contribution >= 0.6 is 11.6 Å². The van der Waals surface area contributed by atoms with E-state index in [1.54, 1.807) is 0 Å². The second-order valence-corrected chi connectivity index (χ2v) is 9.97. The van der Waals surface area contributed by atoms with Gasteiger partial charge in [0.25, 0.3) is 5.91 Å². The molecule has 2 aliphatic heterocycles. The Balaban J connectivity index is 1.78. The van der Waals surface area contributed by atoms with E-state index in [-0.39, 0.29) is 35.8 Å². The van der Waals surface area contributed by atoms with Gasteiger partial charge in [0.1, 0.15) is 5.88 Å². The second kappa shape index (κ2) is 8.35. The zero-order valence-electron chi connectivity index (χ0n) is 15.7. The van der Waals surface area contributed by atoms with Gasteiger partial charge in [0.05, 0.1) is 22.7 Å². The molecular formula is C18H20ClF3N2O5S. The van der Waals surface area contributed by atoms with Crippen molar-refractivity contribution >= 4 is 38.9 Å². The van der Waals surface area contributed by atoms with Crippen LogP contribution in [0, 0.1) is 0 Å². The van der Waals surface area contributed by atoms with E-state index >= 15 is 0 Å². The van der Waals surface area contributed by atoms with Crippen molar-refractivity contribution in [2.45, 2.75) is 37.1 Å². The summed E-state index contributed by atoms with van der Waals surface area (Å²) >= 11 is 5.37. The van der Waals surface area contributed by atoms with E-state index < -0.39 is 50.9 Å². The van der Waals surface area contributed by atoms with Gasteiger partial charge in [0.2, 0.25) is 5.91 Å². The highest BCUT2D eigenvalue weighted by Gasteiger charge is 2.46. The van der Waals surface area contributed by atoms with Gasteiger partial charge in [-0.15, -0.1) is 11.6 Å². The van der Waals surface area contributed by atoms with E-state index in [4.69, 9.17) is 16.3 Å². The highest BCUT2D eigenvalue weighted by atomic mass is 35.5. The summed E-state index contributed by atoms with van der Waals surface area (Å²) in [6, 6.07) is 2.09. The minimum atomic E-state index is -4.72. The van der Waals surface area contributed by atoms with Gasteiger partial charge in [0.15, 0.2) is 9.84 Å². The van der Waals surface area contributed by atoms with Gasteiger partial charge in [-0.2, -0.15) is 13.2 Å². The molecule has 166 valence electrons. The lowest BCUT2D eigenvalue weighted by atomic mass is 9.89. The van der Waals surface area contributed by atoms with Crippen molar-refractivity contribution in [1.82, 2.24) is 5.32 Å². The maximum atomic E-state index is 13.2. The monoisotopic (exact) mass is 468 g/mol. The van der Waals surface area contributed by atoms with Crippen molar-refractivity contribution in [3.63, 3.8) is 0 Å². The van der Waals surface area contributed by atoms with Gasteiger partial charge in [-0.3, -0.25) is 9.59 Å². The Bertz CT molecular complexity index is 954. The first-order valence-electron chi connectivity index (χ1n) is 9.15. The molecule has 0 saturated carbocycles. The lowest BCUT2D eigenvalue weighted by Gasteiger charge is -2.37. The number of alkyl halides is 4. The summed E-state index contributed by atoms with van der Waals surface area (Å²) in [5.74, 6) is -2.05. The smallest absolute Gasteiger partial charge is 0.374 e. The van der Waals surface area contributed by atoms with E-state index in [0.29, 0.717) is 25.0 Å². The molecule has 0 aromatic heterocycles. The van der Waals surface area contributed by atoms with Crippen molar-refractivity contribution < 1.29 is 35.9 Å². The molecule has 0 aliphatic carbocycles. The number of anilines is 1. The molecule has 0 bridgehead atoms. The molecule has 12 heteroatoms. The lowest BCUT2D eigenvalue weighted by molar-refractivity contribution is -0.137. The summed E-state index contributed by atoms with van der Waals surface area (Å²) in [5, 5.41) is 4.88. The molecule has 1 spiro atoms. The molecule has 1 aromatic carbocycles. The minimum absolute atomic E-state index is 0.00488. The summed E-state index contributed by atoms with van der Waals surface area (Å²) in [5.41, 5.74) is -2.45. The van der Waals surface area contributed by atoms with Gasteiger partial charge in [0, 0.05) is 23.9 Å². The largest absolute Gasteiger partial charge is 0.416 e. The summed E-state index contributed by atoms with van der Waals surface area (Å²) in [6.45, 7) is 0.236. The predicted octanol–water partition coefficient (Wildman–Crippen LogP) is 2.35. The Morgan fingerprint density at radius 3 is 2.60 bits per heavy atom. The Kier molecular flexibility index (Phi) is 6.35. The number of benzene rings is 1. The number of amides is 2. The number of carbonyl (C=O) groups excluding carboxylic acids is 2. The number of hydrogen-bond acceptors (Lipinski definition) is 5. The zero-order chi connectivity index (χ0) is 22.2. The summed E-state index contributed by atoms with van der Waals surface area (Å²) in [7, 11) is -3.21. The van der Waals surface area contributed by atoms with E-state index in [1.807, 2.05) is 0 Å². The first kappa shape index (κ1) is 22.8. The van der Waals surface area contributed by atoms with Gasteiger partial charge in [-0.05, 0) is 37.5 Å². The number of hydrogen-bond donors (Lipinski definition) is 2.